The van der Waals surface area contributed by atoms with Gasteiger partial charge in [0.25, 0.3) is 0 Å². The SMILES string of the molecule is Cc1ccc(CC2CSCC2=O)c(Cl)c1. The van der Waals surface area contributed by atoms with Crippen molar-refractivity contribution in [3.63, 3.8) is 0 Å². The minimum atomic E-state index is 0.176. The maximum absolute atomic E-state index is 11.5. The van der Waals surface area contributed by atoms with Crippen molar-refractivity contribution in [3.8, 4) is 0 Å². The lowest BCUT2D eigenvalue weighted by Crippen LogP contribution is -2.14. The first kappa shape index (κ1) is 11.0. The highest BCUT2D eigenvalue weighted by Crippen LogP contribution is 2.27. The van der Waals surface area contributed by atoms with Crippen LogP contribution in [0.15, 0.2) is 18.2 Å². The molecule has 0 spiro atoms. The zero-order valence-corrected chi connectivity index (χ0v) is 10.2. The minimum Gasteiger partial charge on any atom is -0.298 e. The van der Waals surface area contributed by atoms with Crippen molar-refractivity contribution in [2.45, 2.75) is 13.3 Å². The summed E-state index contributed by atoms with van der Waals surface area (Å²) in [6, 6.07) is 6.05. The average Bonchev–Trinajstić information content (AvgIpc) is 2.57. The molecule has 80 valence electrons. The van der Waals surface area contributed by atoms with Gasteiger partial charge in [-0.1, -0.05) is 23.7 Å². The highest BCUT2D eigenvalue weighted by Gasteiger charge is 2.25. The summed E-state index contributed by atoms with van der Waals surface area (Å²) in [6.45, 7) is 2.02. The van der Waals surface area contributed by atoms with Crippen molar-refractivity contribution in [2.24, 2.45) is 5.92 Å². The molecule has 0 saturated carbocycles. The maximum Gasteiger partial charge on any atom is 0.146 e. The van der Waals surface area contributed by atoms with Gasteiger partial charge < -0.3 is 0 Å². The summed E-state index contributed by atoms with van der Waals surface area (Å²) in [6.07, 6.45) is 0.797. The van der Waals surface area contributed by atoms with Gasteiger partial charge in [0, 0.05) is 16.7 Å². The van der Waals surface area contributed by atoms with Gasteiger partial charge in [0.1, 0.15) is 5.78 Å². The number of hydrogen-bond acceptors (Lipinski definition) is 2. The molecule has 15 heavy (non-hydrogen) atoms. The molecule has 0 amide bonds. The van der Waals surface area contributed by atoms with Crippen LogP contribution in [0.5, 0.6) is 0 Å². The zero-order valence-electron chi connectivity index (χ0n) is 8.63. The van der Waals surface area contributed by atoms with Gasteiger partial charge in [-0.15, -0.1) is 0 Å². The van der Waals surface area contributed by atoms with E-state index >= 15 is 0 Å². The van der Waals surface area contributed by atoms with Crippen LogP contribution in [0.3, 0.4) is 0 Å². The van der Waals surface area contributed by atoms with Crippen LogP contribution in [0, 0.1) is 12.8 Å². The second-order valence-electron chi connectivity index (χ2n) is 3.98. The molecule has 1 fully saturated rings. The van der Waals surface area contributed by atoms with E-state index in [1.54, 1.807) is 11.8 Å². The quantitative estimate of drug-likeness (QED) is 0.790. The Labute approximate surface area is 99.2 Å². The van der Waals surface area contributed by atoms with Crippen molar-refractivity contribution in [2.75, 3.05) is 11.5 Å². The molecule has 1 atom stereocenters. The number of Topliss-reactive ketones (excluding diaryl/α,β-unsaturated/α-hetero) is 1. The van der Waals surface area contributed by atoms with Crippen LogP contribution in [0.1, 0.15) is 11.1 Å². The van der Waals surface area contributed by atoms with Crippen molar-refractivity contribution in [3.05, 3.63) is 34.3 Å². The van der Waals surface area contributed by atoms with Crippen molar-refractivity contribution in [1.82, 2.24) is 0 Å². The van der Waals surface area contributed by atoms with Gasteiger partial charge in [0.15, 0.2) is 0 Å². The van der Waals surface area contributed by atoms with E-state index in [0.29, 0.717) is 11.5 Å². The fourth-order valence-electron chi connectivity index (χ4n) is 1.77. The van der Waals surface area contributed by atoms with Crippen LogP contribution >= 0.6 is 23.4 Å². The molecule has 3 heteroatoms. The Hall–Kier alpha value is -0.470. The number of carbonyl (C=O) groups is 1. The van der Waals surface area contributed by atoms with Crippen LogP contribution in [-0.2, 0) is 11.2 Å². The first-order valence-corrected chi connectivity index (χ1v) is 6.55. The van der Waals surface area contributed by atoms with Gasteiger partial charge in [-0.2, -0.15) is 11.8 Å². The standard InChI is InChI=1S/C12H13ClOS/c1-8-2-3-9(11(13)4-8)5-10-6-15-7-12(10)14/h2-4,10H,5-7H2,1H3. The molecule has 0 N–H and O–H groups in total. The molecule has 1 nitrogen and oxygen atoms in total. The monoisotopic (exact) mass is 240 g/mol. The van der Waals surface area contributed by atoms with E-state index in [-0.39, 0.29) is 5.92 Å². The highest BCUT2D eigenvalue weighted by molar-refractivity contribution is 8.00. The molecule has 0 radical (unpaired) electrons. The predicted octanol–water partition coefficient (Wildman–Crippen LogP) is 3.12. The Bertz CT molecular complexity index is 389. The first-order chi connectivity index (χ1) is 7.16. The smallest absolute Gasteiger partial charge is 0.146 e. The highest BCUT2D eigenvalue weighted by atomic mass is 35.5. The second kappa shape index (κ2) is 4.58. The lowest BCUT2D eigenvalue weighted by atomic mass is 9.97. The van der Waals surface area contributed by atoms with E-state index in [9.17, 15) is 4.79 Å². The molecule has 0 aromatic heterocycles. The van der Waals surface area contributed by atoms with E-state index in [1.165, 1.54) is 0 Å². The van der Waals surface area contributed by atoms with Gasteiger partial charge in [0.05, 0.1) is 5.75 Å². The molecule has 0 bridgehead atoms. The average molecular weight is 241 g/mol. The molecule has 2 rings (SSSR count). The lowest BCUT2D eigenvalue weighted by Gasteiger charge is -2.09. The number of benzene rings is 1. The Morgan fingerprint density at radius 2 is 2.33 bits per heavy atom. The second-order valence-corrected chi connectivity index (χ2v) is 5.41. The molecular weight excluding hydrogens is 228 g/mol. The minimum absolute atomic E-state index is 0.176. The third-order valence-corrected chi connectivity index (χ3v) is 4.17. The largest absolute Gasteiger partial charge is 0.298 e. The third kappa shape index (κ3) is 2.56. The summed E-state index contributed by atoms with van der Waals surface area (Å²) >= 11 is 7.86. The third-order valence-electron chi connectivity index (χ3n) is 2.69. The summed E-state index contributed by atoms with van der Waals surface area (Å²) in [7, 11) is 0. The Morgan fingerprint density at radius 3 is 2.93 bits per heavy atom. The van der Waals surface area contributed by atoms with Gasteiger partial charge in [0.2, 0.25) is 0 Å². The van der Waals surface area contributed by atoms with Gasteiger partial charge >= 0.3 is 0 Å². The zero-order chi connectivity index (χ0) is 10.8. The van der Waals surface area contributed by atoms with E-state index in [1.807, 2.05) is 25.1 Å². The summed E-state index contributed by atoms with van der Waals surface area (Å²) in [5, 5.41) is 0.791. The van der Waals surface area contributed by atoms with Crippen molar-refractivity contribution >= 4 is 29.1 Å². The molecular formula is C12H13ClOS. The van der Waals surface area contributed by atoms with Crippen molar-refractivity contribution < 1.29 is 4.79 Å². The van der Waals surface area contributed by atoms with Gasteiger partial charge in [-0.05, 0) is 30.5 Å². The number of aryl methyl sites for hydroxylation is 1. The molecule has 1 heterocycles. The summed E-state index contributed by atoms with van der Waals surface area (Å²) in [5.74, 6) is 2.17. The van der Waals surface area contributed by atoms with E-state index in [2.05, 4.69) is 0 Å². The normalized spacial score (nSPS) is 20.9. The maximum atomic E-state index is 11.5. The van der Waals surface area contributed by atoms with Crippen LogP contribution in [-0.4, -0.2) is 17.3 Å². The molecule has 1 aliphatic rings. The van der Waals surface area contributed by atoms with Gasteiger partial charge in [-0.25, -0.2) is 0 Å². The van der Waals surface area contributed by atoms with Crippen LogP contribution in [0.4, 0.5) is 0 Å². The number of thioether (sulfide) groups is 1. The number of carbonyl (C=O) groups excluding carboxylic acids is 1. The molecule has 1 aliphatic heterocycles. The fourth-order valence-corrected chi connectivity index (χ4v) is 3.22. The Morgan fingerprint density at radius 1 is 1.53 bits per heavy atom. The number of hydrogen-bond donors (Lipinski definition) is 0. The topological polar surface area (TPSA) is 17.1 Å². The number of rotatable bonds is 2. The number of ketones is 1. The van der Waals surface area contributed by atoms with E-state index in [4.69, 9.17) is 11.6 Å². The molecule has 1 saturated heterocycles. The summed E-state index contributed by atoms with van der Waals surface area (Å²) < 4.78 is 0. The summed E-state index contributed by atoms with van der Waals surface area (Å²) in [5.41, 5.74) is 2.26. The first-order valence-electron chi connectivity index (χ1n) is 5.02. The fraction of sp³-hybridized carbons (Fsp3) is 0.417. The molecule has 1 aromatic carbocycles. The molecule has 1 aromatic rings. The molecule has 0 aliphatic carbocycles. The van der Waals surface area contributed by atoms with E-state index < -0.39 is 0 Å². The number of halogens is 1. The van der Waals surface area contributed by atoms with Crippen LogP contribution in [0.2, 0.25) is 5.02 Å². The van der Waals surface area contributed by atoms with Crippen molar-refractivity contribution in [1.29, 1.82) is 0 Å². The lowest BCUT2D eigenvalue weighted by molar-refractivity contribution is -0.119. The van der Waals surface area contributed by atoms with Crippen LogP contribution < -0.4 is 0 Å². The van der Waals surface area contributed by atoms with E-state index in [0.717, 1.165) is 28.3 Å². The van der Waals surface area contributed by atoms with Gasteiger partial charge in [-0.3, -0.25) is 4.79 Å². The Kier molecular flexibility index (Phi) is 3.37. The Balaban J connectivity index is 2.13. The van der Waals surface area contributed by atoms with Crippen LogP contribution in [0.25, 0.3) is 0 Å². The summed E-state index contributed by atoms with van der Waals surface area (Å²) in [4.78, 5) is 11.5. The predicted molar refractivity (Wildman–Crippen MR) is 65.7 cm³/mol. The molecule has 1 unspecified atom stereocenters.